The van der Waals surface area contributed by atoms with Gasteiger partial charge in [-0.2, -0.15) is 0 Å². The molecular weight excluding hydrogens is 180 g/mol. The van der Waals surface area contributed by atoms with E-state index in [1.165, 1.54) is 0 Å². The lowest BCUT2D eigenvalue weighted by atomic mass is 10.2. The van der Waals surface area contributed by atoms with Gasteiger partial charge in [-0.25, -0.2) is 0 Å². The van der Waals surface area contributed by atoms with Crippen molar-refractivity contribution in [3.63, 3.8) is 0 Å². The molecule has 0 heterocycles. The normalized spacial score (nSPS) is 16.2. The molecule has 0 spiro atoms. The molecule has 0 fully saturated rings. The second kappa shape index (κ2) is 5.40. The third kappa shape index (κ3) is 4.05. The van der Waals surface area contributed by atoms with Crippen LogP contribution in [-0.4, -0.2) is 17.2 Å². The molecule has 3 heteroatoms. The summed E-state index contributed by atoms with van der Waals surface area (Å²) in [5, 5.41) is 9.19. The Balaban J connectivity index is 2.36. The first kappa shape index (κ1) is 7.01. The van der Waals surface area contributed by atoms with Crippen molar-refractivity contribution in [2.24, 2.45) is 0 Å². The summed E-state index contributed by atoms with van der Waals surface area (Å²) < 4.78 is 25.6. The third-order valence-corrected chi connectivity index (χ3v) is 1.60. The van der Waals surface area contributed by atoms with E-state index < -0.39 is 25.3 Å². The average molecular weight is 197 g/mol. The zero-order chi connectivity index (χ0) is 12.9. The molecule has 0 aliphatic rings. The highest BCUT2D eigenvalue weighted by Crippen LogP contribution is 2.02. The van der Waals surface area contributed by atoms with Crippen LogP contribution in [-0.2, 0) is 16.1 Å². The molecule has 1 aromatic carbocycles. The van der Waals surface area contributed by atoms with Crippen molar-refractivity contribution in [2.75, 3.05) is 0 Å². The molecule has 0 radical (unpaired) electrons. The van der Waals surface area contributed by atoms with E-state index in [-0.39, 0.29) is 6.61 Å². The van der Waals surface area contributed by atoms with Crippen molar-refractivity contribution in [3.05, 3.63) is 35.9 Å². The smallest absolute Gasteiger partial charge is 0.308 e. The van der Waals surface area contributed by atoms with Crippen LogP contribution in [0.15, 0.2) is 30.3 Å². The SMILES string of the molecule is [2H]C([2H])([2H])C(O)CC(=O)OCc1ccccc1. The first-order chi connectivity index (χ1) is 7.89. The molecule has 1 aromatic rings. The van der Waals surface area contributed by atoms with E-state index in [1.807, 2.05) is 6.07 Å². The van der Waals surface area contributed by atoms with E-state index in [0.29, 0.717) is 0 Å². The summed E-state index contributed by atoms with van der Waals surface area (Å²) in [5.74, 6) is -0.725. The number of esters is 1. The molecule has 0 aliphatic heterocycles. The Morgan fingerprint density at radius 2 is 2.29 bits per heavy atom. The van der Waals surface area contributed by atoms with Crippen LogP contribution in [0.2, 0.25) is 0 Å². The van der Waals surface area contributed by atoms with Crippen molar-refractivity contribution < 1.29 is 18.8 Å². The fourth-order valence-corrected chi connectivity index (χ4v) is 0.955. The summed E-state index contributed by atoms with van der Waals surface area (Å²) in [6.45, 7) is -2.47. The minimum atomic E-state index is -2.55. The minimum absolute atomic E-state index is 0.0768. The Hall–Kier alpha value is -1.35. The van der Waals surface area contributed by atoms with Gasteiger partial charge in [-0.1, -0.05) is 30.3 Å². The Morgan fingerprint density at radius 3 is 2.93 bits per heavy atom. The molecule has 1 rings (SSSR count). The summed E-state index contributed by atoms with van der Waals surface area (Å²) >= 11 is 0. The Morgan fingerprint density at radius 1 is 1.57 bits per heavy atom. The van der Waals surface area contributed by atoms with Crippen LogP contribution in [0.25, 0.3) is 0 Å². The molecular formula is C11H14O3. The molecule has 0 saturated carbocycles. The van der Waals surface area contributed by atoms with Gasteiger partial charge in [0.05, 0.1) is 12.5 Å². The maximum Gasteiger partial charge on any atom is 0.308 e. The number of aliphatic hydroxyl groups excluding tert-OH is 1. The molecule has 0 aliphatic carbocycles. The molecule has 14 heavy (non-hydrogen) atoms. The molecule has 0 saturated heterocycles. The Kier molecular flexibility index (Phi) is 2.70. The highest BCUT2D eigenvalue weighted by atomic mass is 16.5. The summed E-state index contributed by atoms with van der Waals surface area (Å²) in [6, 6.07) is 9.02. The lowest BCUT2D eigenvalue weighted by Gasteiger charge is -2.05. The fourth-order valence-electron chi connectivity index (χ4n) is 0.955. The highest BCUT2D eigenvalue weighted by Gasteiger charge is 2.06. The number of ether oxygens (including phenoxy) is 1. The predicted octanol–water partition coefficient (Wildman–Crippen LogP) is 1.50. The van der Waals surface area contributed by atoms with E-state index in [1.54, 1.807) is 24.3 Å². The monoisotopic (exact) mass is 197 g/mol. The minimum Gasteiger partial charge on any atom is -0.461 e. The van der Waals surface area contributed by atoms with Crippen molar-refractivity contribution in [2.45, 2.75) is 26.0 Å². The summed E-state index contributed by atoms with van der Waals surface area (Å²) in [5.41, 5.74) is 0.809. The zero-order valence-corrected chi connectivity index (χ0v) is 7.64. The number of carbonyl (C=O) groups is 1. The van der Waals surface area contributed by atoms with Gasteiger partial charge < -0.3 is 9.84 Å². The summed E-state index contributed by atoms with van der Waals surface area (Å²) in [4.78, 5) is 11.2. The van der Waals surface area contributed by atoms with E-state index in [0.717, 1.165) is 5.56 Å². The molecule has 1 atom stereocenters. The number of rotatable bonds is 4. The molecule has 3 nitrogen and oxygen atoms in total. The van der Waals surface area contributed by atoms with Crippen molar-refractivity contribution >= 4 is 5.97 Å². The largest absolute Gasteiger partial charge is 0.461 e. The molecule has 0 bridgehead atoms. The molecule has 76 valence electrons. The quantitative estimate of drug-likeness (QED) is 0.744. The molecule has 1 unspecified atom stereocenters. The maximum absolute atomic E-state index is 11.2. The van der Waals surface area contributed by atoms with Crippen LogP contribution < -0.4 is 0 Å². The number of hydrogen-bond acceptors (Lipinski definition) is 3. The van der Waals surface area contributed by atoms with Crippen LogP contribution in [0.4, 0.5) is 0 Å². The van der Waals surface area contributed by atoms with Gasteiger partial charge in [-0.05, 0) is 12.4 Å². The van der Waals surface area contributed by atoms with E-state index in [9.17, 15) is 9.90 Å². The second-order valence-corrected chi connectivity index (χ2v) is 2.87. The fraction of sp³-hybridized carbons (Fsp3) is 0.364. The second-order valence-electron chi connectivity index (χ2n) is 2.87. The molecule has 0 amide bonds. The third-order valence-electron chi connectivity index (χ3n) is 1.60. The first-order valence-electron chi connectivity index (χ1n) is 5.77. The number of benzene rings is 1. The van der Waals surface area contributed by atoms with Gasteiger partial charge in [0.25, 0.3) is 0 Å². The average Bonchev–Trinajstić information content (AvgIpc) is 2.26. The van der Waals surface area contributed by atoms with Crippen molar-refractivity contribution in [1.82, 2.24) is 0 Å². The zero-order valence-electron chi connectivity index (χ0n) is 10.6. The van der Waals surface area contributed by atoms with Gasteiger partial charge in [-0.3, -0.25) is 4.79 Å². The maximum atomic E-state index is 11.2. The van der Waals surface area contributed by atoms with Crippen LogP contribution in [0.5, 0.6) is 0 Å². The number of hydrogen-bond donors (Lipinski definition) is 1. The standard InChI is InChI=1S/C11H14O3/c1-9(12)7-11(13)14-8-10-5-3-2-4-6-10/h2-6,9,12H,7-8H2,1H3/i1D3. The van der Waals surface area contributed by atoms with Gasteiger partial charge in [0.2, 0.25) is 0 Å². The van der Waals surface area contributed by atoms with Crippen LogP contribution in [0.3, 0.4) is 0 Å². The highest BCUT2D eigenvalue weighted by molar-refractivity contribution is 5.69. The van der Waals surface area contributed by atoms with Crippen LogP contribution >= 0.6 is 0 Å². The lowest BCUT2D eigenvalue weighted by Crippen LogP contribution is -2.12. The van der Waals surface area contributed by atoms with E-state index >= 15 is 0 Å². The van der Waals surface area contributed by atoms with E-state index in [2.05, 4.69) is 0 Å². The van der Waals surface area contributed by atoms with Gasteiger partial charge in [0.1, 0.15) is 6.61 Å². The molecule has 1 N–H and O–H groups in total. The topological polar surface area (TPSA) is 46.5 Å². The van der Waals surface area contributed by atoms with Gasteiger partial charge in [0.15, 0.2) is 0 Å². The molecule has 0 aromatic heterocycles. The van der Waals surface area contributed by atoms with Crippen LogP contribution in [0.1, 0.15) is 22.9 Å². The lowest BCUT2D eigenvalue weighted by molar-refractivity contribution is -0.146. The van der Waals surface area contributed by atoms with Crippen molar-refractivity contribution in [3.8, 4) is 0 Å². The first-order valence-corrected chi connectivity index (χ1v) is 4.27. The number of carbonyl (C=O) groups excluding carboxylic acids is 1. The van der Waals surface area contributed by atoms with Gasteiger partial charge in [-0.15, -0.1) is 0 Å². The van der Waals surface area contributed by atoms with Gasteiger partial charge >= 0.3 is 5.97 Å². The van der Waals surface area contributed by atoms with Crippen LogP contribution in [0, 0.1) is 0 Å². The Bertz CT molecular complexity index is 362. The van der Waals surface area contributed by atoms with E-state index in [4.69, 9.17) is 8.85 Å². The van der Waals surface area contributed by atoms with Crippen molar-refractivity contribution in [1.29, 1.82) is 0 Å². The predicted molar refractivity (Wildman–Crippen MR) is 52.5 cm³/mol. The summed E-state index contributed by atoms with van der Waals surface area (Å²) in [7, 11) is 0. The van der Waals surface area contributed by atoms with Gasteiger partial charge in [0, 0.05) is 4.11 Å². The summed E-state index contributed by atoms with van der Waals surface area (Å²) in [6.07, 6.45) is -2.20. The Labute approximate surface area is 87.5 Å². The number of aliphatic hydroxyl groups is 1.